The molecule has 0 aliphatic carbocycles. The average Bonchev–Trinajstić information content (AvgIpc) is 1.85. The Morgan fingerprint density at radius 1 is 1.67 bits per heavy atom. The first-order valence-electron chi connectivity index (χ1n) is 3.57. The van der Waals surface area contributed by atoms with Crippen LogP contribution < -0.4 is 0 Å². The maximum absolute atomic E-state index is 3.67. The molecule has 0 rings (SSSR count). The monoisotopic (exact) mass is 144 g/mol. The number of hydrogen-bond donors (Lipinski definition) is 0. The van der Waals surface area contributed by atoms with Crippen LogP contribution in [0.15, 0.2) is 12.0 Å². The Hall–Kier alpha value is 0.0900. The van der Waals surface area contributed by atoms with Crippen molar-refractivity contribution in [3.63, 3.8) is 0 Å². The summed E-state index contributed by atoms with van der Waals surface area (Å²) >= 11 is 1.84. The van der Waals surface area contributed by atoms with Gasteiger partial charge in [-0.1, -0.05) is 33.3 Å². The van der Waals surface area contributed by atoms with Crippen molar-refractivity contribution >= 4 is 11.8 Å². The van der Waals surface area contributed by atoms with E-state index >= 15 is 0 Å². The van der Waals surface area contributed by atoms with E-state index in [1.165, 1.54) is 19.3 Å². The van der Waals surface area contributed by atoms with E-state index in [-0.39, 0.29) is 0 Å². The molecule has 0 bridgehead atoms. The predicted molar refractivity (Wildman–Crippen MR) is 46.8 cm³/mol. The third kappa shape index (κ3) is 5.97. The van der Waals surface area contributed by atoms with Gasteiger partial charge in [-0.2, -0.15) is 0 Å². The van der Waals surface area contributed by atoms with E-state index in [1.54, 1.807) is 0 Å². The first-order chi connectivity index (χ1) is 4.31. The smallest absolute Gasteiger partial charge is 0.00599 e. The van der Waals surface area contributed by atoms with Gasteiger partial charge >= 0.3 is 0 Å². The minimum atomic E-state index is 0.766. The summed E-state index contributed by atoms with van der Waals surface area (Å²) in [6, 6.07) is 0. The van der Waals surface area contributed by atoms with Crippen LogP contribution in [0.3, 0.4) is 0 Å². The SMILES string of the molecule is C=CSC(C)CCCC. The van der Waals surface area contributed by atoms with Gasteiger partial charge in [0.25, 0.3) is 0 Å². The molecule has 0 saturated heterocycles. The van der Waals surface area contributed by atoms with Crippen LogP contribution in [0.5, 0.6) is 0 Å². The molecule has 1 unspecified atom stereocenters. The molecule has 0 aromatic heterocycles. The van der Waals surface area contributed by atoms with Gasteiger partial charge in [0.2, 0.25) is 0 Å². The van der Waals surface area contributed by atoms with Crippen molar-refractivity contribution < 1.29 is 0 Å². The van der Waals surface area contributed by atoms with E-state index in [4.69, 9.17) is 0 Å². The minimum Gasteiger partial charge on any atom is -0.132 e. The van der Waals surface area contributed by atoms with E-state index in [1.807, 2.05) is 17.2 Å². The summed E-state index contributed by atoms with van der Waals surface area (Å²) in [5.74, 6) is 0. The van der Waals surface area contributed by atoms with Crippen molar-refractivity contribution in [1.29, 1.82) is 0 Å². The highest BCUT2D eigenvalue weighted by Gasteiger charge is 1.96. The van der Waals surface area contributed by atoms with Crippen molar-refractivity contribution in [1.82, 2.24) is 0 Å². The van der Waals surface area contributed by atoms with E-state index in [9.17, 15) is 0 Å². The molecule has 0 saturated carbocycles. The van der Waals surface area contributed by atoms with Crippen LogP contribution in [0.25, 0.3) is 0 Å². The molecule has 0 nitrogen and oxygen atoms in total. The van der Waals surface area contributed by atoms with Gasteiger partial charge in [0.1, 0.15) is 0 Å². The van der Waals surface area contributed by atoms with Crippen LogP contribution in [0, 0.1) is 0 Å². The predicted octanol–water partition coefficient (Wildman–Crippen LogP) is 3.44. The van der Waals surface area contributed by atoms with Gasteiger partial charge in [-0.3, -0.25) is 0 Å². The van der Waals surface area contributed by atoms with Crippen molar-refractivity contribution in [2.45, 2.75) is 38.4 Å². The Kier molecular flexibility index (Phi) is 6.28. The fourth-order valence-electron chi connectivity index (χ4n) is 0.724. The molecular weight excluding hydrogens is 128 g/mol. The zero-order chi connectivity index (χ0) is 7.11. The van der Waals surface area contributed by atoms with Gasteiger partial charge < -0.3 is 0 Å². The standard InChI is InChI=1S/C8H16S/c1-4-6-7-8(3)9-5-2/h5,8H,2,4,6-7H2,1,3H3. The summed E-state index contributed by atoms with van der Waals surface area (Å²) in [4.78, 5) is 0. The van der Waals surface area contributed by atoms with Crippen molar-refractivity contribution in [3.8, 4) is 0 Å². The minimum absolute atomic E-state index is 0.766. The summed E-state index contributed by atoms with van der Waals surface area (Å²) in [5.41, 5.74) is 0. The van der Waals surface area contributed by atoms with Crippen molar-refractivity contribution in [2.24, 2.45) is 0 Å². The molecule has 0 aromatic rings. The maximum atomic E-state index is 3.67. The molecule has 0 radical (unpaired) electrons. The second-order valence-corrected chi connectivity index (χ2v) is 3.67. The number of unbranched alkanes of at least 4 members (excludes halogenated alkanes) is 1. The average molecular weight is 144 g/mol. The lowest BCUT2D eigenvalue weighted by Crippen LogP contribution is -1.92. The lowest BCUT2D eigenvalue weighted by Gasteiger charge is -2.04. The molecule has 1 atom stereocenters. The highest BCUT2D eigenvalue weighted by atomic mass is 32.2. The molecule has 0 N–H and O–H groups in total. The fourth-order valence-corrected chi connectivity index (χ4v) is 1.36. The molecule has 0 spiro atoms. The normalized spacial score (nSPS) is 13.1. The molecule has 0 aliphatic rings. The Bertz CT molecular complexity index is 69.0. The topological polar surface area (TPSA) is 0 Å². The van der Waals surface area contributed by atoms with Crippen LogP contribution in [0.1, 0.15) is 33.1 Å². The molecule has 0 aromatic carbocycles. The van der Waals surface area contributed by atoms with E-state index < -0.39 is 0 Å². The Morgan fingerprint density at radius 2 is 2.33 bits per heavy atom. The summed E-state index contributed by atoms with van der Waals surface area (Å²) < 4.78 is 0. The highest BCUT2D eigenvalue weighted by molar-refractivity contribution is 8.02. The first-order valence-corrected chi connectivity index (χ1v) is 4.52. The second kappa shape index (κ2) is 6.21. The summed E-state index contributed by atoms with van der Waals surface area (Å²) in [7, 11) is 0. The second-order valence-electron chi connectivity index (χ2n) is 2.26. The third-order valence-corrected chi connectivity index (χ3v) is 2.19. The van der Waals surface area contributed by atoms with Gasteiger partial charge in [-0.15, -0.1) is 11.8 Å². The maximum Gasteiger partial charge on any atom is 0.00599 e. The zero-order valence-corrected chi connectivity index (χ0v) is 7.21. The lowest BCUT2D eigenvalue weighted by atomic mass is 10.2. The van der Waals surface area contributed by atoms with Crippen LogP contribution in [-0.2, 0) is 0 Å². The summed E-state index contributed by atoms with van der Waals surface area (Å²) in [5, 5.41) is 2.70. The number of hydrogen-bond acceptors (Lipinski definition) is 1. The molecule has 0 amide bonds. The van der Waals surface area contributed by atoms with E-state index in [2.05, 4.69) is 20.4 Å². The molecule has 0 fully saturated rings. The number of rotatable bonds is 5. The molecule has 1 heteroatoms. The quantitative estimate of drug-likeness (QED) is 0.569. The molecule has 0 heterocycles. The van der Waals surface area contributed by atoms with E-state index in [0.717, 1.165) is 5.25 Å². The van der Waals surface area contributed by atoms with Gasteiger partial charge in [0.05, 0.1) is 0 Å². The highest BCUT2D eigenvalue weighted by Crippen LogP contribution is 2.16. The zero-order valence-electron chi connectivity index (χ0n) is 6.39. The molecule has 9 heavy (non-hydrogen) atoms. The Labute approximate surface area is 62.7 Å². The summed E-state index contributed by atoms with van der Waals surface area (Å²) in [6.07, 6.45) is 3.98. The van der Waals surface area contributed by atoms with Crippen LogP contribution in [-0.4, -0.2) is 5.25 Å². The van der Waals surface area contributed by atoms with Crippen LogP contribution in [0.4, 0.5) is 0 Å². The van der Waals surface area contributed by atoms with Crippen molar-refractivity contribution in [2.75, 3.05) is 0 Å². The molecule has 0 aliphatic heterocycles. The molecule has 54 valence electrons. The number of thioether (sulfide) groups is 1. The largest absolute Gasteiger partial charge is 0.132 e. The molecular formula is C8H16S. The van der Waals surface area contributed by atoms with Crippen LogP contribution >= 0.6 is 11.8 Å². The Balaban J connectivity index is 3.04. The van der Waals surface area contributed by atoms with Gasteiger partial charge in [-0.05, 0) is 11.8 Å². The van der Waals surface area contributed by atoms with E-state index in [0.29, 0.717) is 0 Å². The first kappa shape index (κ1) is 9.09. The fraction of sp³-hybridized carbons (Fsp3) is 0.750. The van der Waals surface area contributed by atoms with Gasteiger partial charge in [0.15, 0.2) is 0 Å². The van der Waals surface area contributed by atoms with Crippen LogP contribution in [0.2, 0.25) is 0 Å². The van der Waals surface area contributed by atoms with Crippen molar-refractivity contribution in [3.05, 3.63) is 12.0 Å². The van der Waals surface area contributed by atoms with Gasteiger partial charge in [-0.25, -0.2) is 0 Å². The Morgan fingerprint density at radius 3 is 2.78 bits per heavy atom. The third-order valence-electron chi connectivity index (χ3n) is 1.29. The lowest BCUT2D eigenvalue weighted by molar-refractivity contribution is 0.714. The summed E-state index contributed by atoms with van der Waals surface area (Å²) in [6.45, 7) is 8.15. The van der Waals surface area contributed by atoms with Gasteiger partial charge in [0, 0.05) is 5.25 Å².